The third-order valence-corrected chi connectivity index (χ3v) is 10.0. The quantitative estimate of drug-likeness (QED) is 0.283. The summed E-state index contributed by atoms with van der Waals surface area (Å²) in [7, 11) is 0. The van der Waals surface area contributed by atoms with E-state index in [1.54, 1.807) is 0 Å². The molecule has 0 aromatic carbocycles. The van der Waals surface area contributed by atoms with Crippen LogP contribution in [-0.2, 0) is 4.89 Å². The van der Waals surface area contributed by atoms with Gasteiger partial charge in [-0.2, -0.15) is 0 Å². The SMILES string of the molecule is CC(C)[C@@H](C)/C=C/[C@@H](C)[C@H]1CC[C@H]2C3=C(CC[C@]12C)[C@@]1(C)CC[C@H](O)CC1=CC3OO. The Balaban J connectivity index is 1.64. The Morgan fingerprint density at radius 2 is 1.81 bits per heavy atom. The zero-order chi connectivity index (χ0) is 22.6. The highest BCUT2D eigenvalue weighted by Gasteiger charge is 2.56. The highest BCUT2D eigenvalue weighted by Crippen LogP contribution is 2.65. The van der Waals surface area contributed by atoms with Gasteiger partial charge in [0.25, 0.3) is 0 Å². The van der Waals surface area contributed by atoms with Crippen molar-refractivity contribution in [1.29, 1.82) is 0 Å². The second-order valence-electron chi connectivity index (χ2n) is 12.0. The number of fused-ring (bicyclic) bond motifs is 4. The fourth-order valence-corrected chi connectivity index (χ4v) is 7.57. The van der Waals surface area contributed by atoms with Gasteiger partial charge in [-0.15, -0.1) is 0 Å². The van der Waals surface area contributed by atoms with Gasteiger partial charge >= 0.3 is 0 Å². The fraction of sp³-hybridized carbons (Fsp3) is 0.786. The smallest absolute Gasteiger partial charge is 0.133 e. The first kappa shape index (κ1) is 23.3. The average molecular weight is 429 g/mol. The van der Waals surface area contributed by atoms with Gasteiger partial charge in [-0.25, -0.2) is 4.89 Å². The Kier molecular flexibility index (Phi) is 6.35. The molecule has 0 spiro atoms. The van der Waals surface area contributed by atoms with Crippen LogP contribution >= 0.6 is 0 Å². The monoisotopic (exact) mass is 428 g/mol. The molecule has 0 amide bonds. The zero-order valence-corrected chi connectivity index (χ0v) is 20.5. The molecular formula is C28H44O3. The minimum Gasteiger partial charge on any atom is -0.393 e. The van der Waals surface area contributed by atoms with E-state index in [0.29, 0.717) is 36.0 Å². The zero-order valence-electron chi connectivity index (χ0n) is 20.5. The normalized spacial score (nSPS) is 42.3. The van der Waals surface area contributed by atoms with E-state index in [4.69, 9.17) is 4.89 Å². The molecule has 0 radical (unpaired) electrons. The summed E-state index contributed by atoms with van der Waals surface area (Å²) in [6.07, 6.45) is 13.8. The first-order valence-corrected chi connectivity index (χ1v) is 12.7. The van der Waals surface area contributed by atoms with Crippen LogP contribution in [0.15, 0.2) is 34.9 Å². The highest BCUT2D eigenvalue weighted by molar-refractivity contribution is 5.46. The largest absolute Gasteiger partial charge is 0.393 e. The summed E-state index contributed by atoms with van der Waals surface area (Å²) < 4.78 is 0. The Bertz CT molecular complexity index is 777. The Morgan fingerprint density at radius 3 is 2.48 bits per heavy atom. The van der Waals surface area contributed by atoms with Crippen molar-refractivity contribution in [2.24, 2.45) is 40.4 Å². The van der Waals surface area contributed by atoms with Gasteiger partial charge in [0.15, 0.2) is 0 Å². The first-order chi connectivity index (χ1) is 14.6. The number of aliphatic hydroxyl groups is 1. The Morgan fingerprint density at radius 1 is 1.06 bits per heavy atom. The third-order valence-electron chi connectivity index (χ3n) is 10.0. The summed E-state index contributed by atoms with van der Waals surface area (Å²) in [6, 6.07) is 0. The fourth-order valence-electron chi connectivity index (χ4n) is 7.57. The van der Waals surface area contributed by atoms with Gasteiger partial charge in [0, 0.05) is 5.41 Å². The summed E-state index contributed by atoms with van der Waals surface area (Å²) in [4.78, 5) is 5.11. The molecule has 31 heavy (non-hydrogen) atoms. The van der Waals surface area contributed by atoms with Crippen LogP contribution in [0.2, 0.25) is 0 Å². The molecule has 1 unspecified atom stereocenters. The number of hydrogen-bond acceptors (Lipinski definition) is 3. The Labute approximate surface area is 189 Å². The van der Waals surface area contributed by atoms with Gasteiger partial charge < -0.3 is 5.11 Å². The van der Waals surface area contributed by atoms with Crippen molar-refractivity contribution >= 4 is 0 Å². The van der Waals surface area contributed by atoms with Gasteiger partial charge in [-0.05, 0) is 91.6 Å². The van der Waals surface area contributed by atoms with E-state index in [2.05, 4.69) is 59.8 Å². The molecule has 4 aliphatic rings. The lowest BCUT2D eigenvalue weighted by molar-refractivity contribution is -0.260. The lowest BCUT2D eigenvalue weighted by Gasteiger charge is -2.53. The molecule has 2 N–H and O–H groups in total. The van der Waals surface area contributed by atoms with E-state index in [0.717, 1.165) is 19.3 Å². The van der Waals surface area contributed by atoms with E-state index in [1.165, 1.54) is 36.0 Å². The molecule has 4 aliphatic carbocycles. The molecule has 0 aromatic heterocycles. The molecule has 3 nitrogen and oxygen atoms in total. The van der Waals surface area contributed by atoms with Crippen molar-refractivity contribution in [2.75, 3.05) is 0 Å². The maximum atomic E-state index is 10.3. The summed E-state index contributed by atoms with van der Waals surface area (Å²) in [5.41, 5.74) is 4.49. The molecule has 0 aliphatic heterocycles. The van der Waals surface area contributed by atoms with Crippen LogP contribution in [0, 0.1) is 40.4 Å². The van der Waals surface area contributed by atoms with Crippen molar-refractivity contribution in [1.82, 2.24) is 0 Å². The highest BCUT2D eigenvalue weighted by atomic mass is 17.1. The number of hydrogen-bond donors (Lipinski definition) is 2. The van der Waals surface area contributed by atoms with Crippen LogP contribution < -0.4 is 0 Å². The second kappa shape index (κ2) is 8.47. The topological polar surface area (TPSA) is 49.7 Å². The van der Waals surface area contributed by atoms with Crippen molar-refractivity contribution in [3.63, 3.8) is 0 Å². The van der Waals surface area contributed by atoms with E-state index in [9.17, 15) is 10.4 Å². The van der Waals surface area contributed by atoms with Crippen LogP contribution in [0.4, 0.5) is 0 Å². The summed E-state index contributed by atoms with van der Waals surface area (Å²) in [6.45, 7) is 14.2. The van der Waals surface area contributed by atoms with Crippen LogP contribution in [-0.4, -0.2) is 22.6 Å². The first-order valence-electron chi connectivity index (χ1n) is 12.7. The summed E-state index contributed by atoms with van der Waals surface area (Å²) in [5, 5.41) is 20.2. The average Bonchev–Trinajstić information content (AvgIpc) is 3.09. The Hall–Kier alpha value is -0.900. The molecule has 3 heteroatoms. The summed E-state index contributed by atoms with van der Waals surface area (Å²) >= 11 is 0. The molecule has 0 heterocycles. The van der Waals surface area contributed by atoms with Gasteiger partial charge in [0.05, 0.1) is 6.10 Å². The standard InChI is InChI=1S/C28H44O3/c1-17(2)18(3)7-8-19(4)22-9-10-23-26-24(12-14-28(22,23)6)27(5)13-11-21(29)15-20(27)16-25(26)31-30/h7-8,16-19,21-23,25,29-30H,9-15H2,1-6H3/b8-7+/t18-,19+,21-,22+,23-,25?,27-,28+/m0/s1. The van der Waals surface area contributed by atoms with Crippen LogP contribution in [0.3, 0.4) is 0 Å². The van der Waals surface area contributed by atoms with Crippen molar-refractivity contribution in [3.05, 3.63) is 34.9 Å². The van der Waals surface area contributed by atoms with Crippen molar-refractivity contribution < 1.29 is 15.3 Å². The minimum atomic E-state index is -0.335. The predicted octanol–water partition coefficient (Wildman–Crippen LogP) is 6.94. The van der Waals surface area contributed by atoms with Crippen molar-refractivity contribution in [2.45, 2.75) is 98.7 Å². The van der Waals surface area contributed by atoms with E-state index in [1.807, 2.05) is 0 Å². The van der Waals surface area contributed by atoms with Crippen molar-refractivity contribution in [3.8, 4) is 0 Å². The molecule has 8 atom stereocenters. The van der Waals surface area contributed by atoms with Gasteiger partial charge in [-0.3, -0.25) is 5.26 Å². The molecule has 4 rings (SSSR count). The lowest BCUT2D eigenvalue weighted by atomic mass is 9.53. The van der Waals surface area contributed by atoms with E-state index in [-0.39, 0.29) is 23.0 Å². The molecular weight excluding hydrogens is 384 g/mol. The predicted molar refractivity (Wildman–Crippen MR) is 126 cm³/mol. The van der Waals surface area contributed by atoms with E-state index >= 15 is 0 Å². The molecule has 174 valence electrons. The number of allylic oxidation sites excluding steroid dienone is 3. The van der Waals surface area contributed by atoms with Gasteiger partial charge in [-0.1, -0.05) is 64.8 Å². The molecule has 0 bridgehead atoms. The van der Waals surface area contributed by atoms with Gasteiger partial charge in [0.1, 0.15) is 6.10 Å². The number of rotatable bonds is 5. The van der Waals surface area contributed by atoms with Gasteiger partial charge in [0.2, 0.25) is 0 Å². The van der Waals surface area contributed by atoms with Crippen LogP contribution in [0.1, 0.15) is 86.5 Å². The number of aliphatic hydroxyl groups excluding tert-OH is 1. The summed E-state index contributed by atoms with van der Waals surface area (Å²) in [5.74, 6) is 3.02. The lowest BCUT2D eigenvalue weighted by Crippen LogP contribution is -2.45. The molecule has 0 aromatic rings. The maximum Gasteiger partial charge on any atom is 0.133 e. The van der Waals surface area contributed by atoms with E-state index < -0.39 is 0 Å². The minimum absolute atomic E-state index is 0.0429. The maximum absolute atomic E-state index is 10.3. The third kappa shape index (κ3) is 3.79. The molecule has 2 fully saturated rings. The molecule has 0 saturated heterocycles. The van der Waals surface area contributed by atoms with Crippen LogP contribution in [0.25, 0.3) is 0 Å². The molecule has 2 saturated carbocycles. The second-order valence-corrected chi connectivity index (χ2v) is 12.0. The van der Waals surface area contributed by atoms with Crippen LogP contribution in [0.5, 0.6) is 0 Å².